The molecule has 0 saturated heterocycles. The molecule has 3 rings (SSSR count). The number of anilines is 2. The molecule has 0 unspecified atom stereocenters. The molecule has 0 atom stereocenters. The van der Waals surface area contributed by atoms with Crippen molar-refractivity contribution in [2.45, 2.75) is 39.4 Å². The molecule has 2 aromatic heterocycles. The lowest BCUT2D eigenvalue weighted by Crippen LogP contribution is -2.20. The molecule has 0 saturated carbocycles. The van der Waals surface area contributed by atoms with Gasteiger partial charge in [0.2, 0.25) is 5.88 Å². The molecule has 1 aromatic carbocycles. The second kappa shape index (κ2) is 8.04. The average molecular weight is 458 g/mol. The van der Waals surface area contributed by atoms with Gasteiger partial charge in [0.25, 0.3) is 15.9 Å². The number of thiophene rings is 1. The number of hydrogen-bond acceptors (Lipinski definition) is 7. The number of ketones is 1. The highest BCUT2D eigenvalue weighted by Gasteiger charge is 2.27. The second-order valence-corrected chi connectivity index (χ2v) is 8.59. The van der Waals surface area contributed by atoms with Gasteiger partial charge in [-0.3, -0.25) is 9.59 Å². The average Bonchev–Trinajstić information content (AvgIpc) is 3.49. The van der Waals surface area contributed by atoms with E-state index in [9.17, 15) is 18.0 Å². The van der Waals surface area contributed by atoms with Crippen molar-refractivity contribution in [3.8, 4) is 0 Å². The molecule has 1 amide bonds. The van der Waals surface area contributed by atoms with E-state index >= 15 is 0 Å². The quantitative estimate of drug-likeness (QED) is 0.535. The van der Waals surface area contributed by atoms with Gasteiger partial charge in [-0.1, -0.05) is 11.2 Å². The predicted octanol–water partition coefficient (Wildman–Crippen LogP) is 4.23. The zero-order valence-corrected chi connectivity index (χ0v) is 17.5. The summed E-state index contributed by atoms with van der Waals surface area (Å²) >= 11 is 0.525. The fourth-order valence-corrected chi connectivity index (χ4v) is 4.72. The Morgan fingerprint density at radius 3 is 2.77 bits per heavy atom. The molecule has 0 bridgehead atoms. The minimum Gasteiger partial charge on any atom is -0.337 e. The minimum atomic E-state index is -5.03. The van der Waals surface area contributed by atoms with Crippen LogP contribution in [-0.4, -0.2) is 25.3 Å². The summed E-state index contributed by atoms with van der Waals surface area (Å²) < 4.78 is 110. The number of benzene rings is 1. The molecule has 0 fully saturated rings. The van der Waals surface area contributed by atoms with E-state index in [1.807, 2.05) is 0 Å². The molecule has 0 aliphatic rings. The van der Waals surface area contributed by atoms with Gasteiger partial charge < -0.3 is 9.83 Å². The third-order valence-corrected chi connectivity index (χ3v) is 6.20. The van der Waals surface area contributed by atoms with E-state index in [0.29, 0.717) is 11.3 Å². The Balaban J connectivity index is 2.18. The van der Waals surface area contributed by atoms with Gasteiger partial charge in [-0.05, 0) is 63.1 Å². The van der Waals surface area contributed by atoms with Gasteiger partial charge in [-0.15, -0.1) is 11.3 Å². The van der Waals surface area contributed by atoms with Crippen LogP contribution in [0.4, 0.5) is 11.6 Å². The molecule has 30 heavy (non-hydrogen) atoms. The van der Waals surface area contributed by atoms with Crippen LogP contribution in [0, 0.1) is 27.6 Å². The molecule has 2 heterocycles. The summed E-state index contributed by atoms with van der Waals surface area (Å²) in [6.45, 7) is -2.42. The smallest absolute Gasteiger partial charge is 0.267 e. The number of carbonyl (C=O) groups excluding carboxylic acids is 2. The lowest BCUT2D eigenvalue weighted by molar-refractivity contribution is 0.101. The summed E-state index contributed by atoms with van der Waals surface area (Å²) in [5, 5.41) is 4.59. The lowest BCUT2D eigenvalue weighted by atomic mass is 10.0. The van der Waals surface area contributed by atoms with Crippen LogP contribution in [0.2, 0.25) is 2.82 Å². The molecule has 3 aromatic rings. The van der Waals surface area contributed by atoms with E-state index in [-0.39, 0.29) is 32.9 Å². The van der Waals surface area contributed by atoms with Crippen LogP contribution in [0.3, 0.4) is 0 Å². The Labute approximate surface area is 192 Å². The maximum Gasteiger partial charge on any atom is 0.267 e. The molecule has 10 heteroatoms. The van der Waals surface area contributed by atoms with E-state index in [2.05, 4.69) is 5.16 Å². The number of rotatable bonds is 6. The first kappa shape index (κ1) is 12.0. The number of nitrogens with one attached hydrogen (secondary N) is 2. The highest BCUT2D eigenvalue weighted by atomic mass is 32.2. The normalized spacial score (nSPS) is 17.0. The summed E-state index contributed by atoms with van der Waals surface area (Å²) in [5.74, 6) is -3.89. The van der Waals surface area contributed by atoms with Crippen molar-refractivity contribution in [3.05, 3.63) is 56.4 Å². The van der Waals surface area contributed by atoms with Gasteiger partial charge in [0.1, 0.15) is 9.77 Å². The van der Waals surface area contributed by atoms with Crippen LogP contribution >= 0.6 is 11.3 Å². The van der Waals surface area contributed by atoms with E-state index in [1.54, 1.807) is 0 Å². The molecule has 8 nitrogen and oxygen atoms in total. The zero-order chi connectivity index (χ0) is 30.7. The molecular formula is C20H21N3O5S2. The van der Waals surface area contributed by atoms with Crippen LogP contribution in [0.5, 0.6) is 0 Å². The molecule has 0 aliphatic heterocycles. The Hall–Kier alpha value is -2.98. The molecular weight excluding hydrogens is 426 g/mol. The fourth-order valence-electron chi connectivity index (χ4n) is 2.50. The molecule has 0 radical (unpaired) electrons. The predicted molar refractivity (Wildman–Crippen MR) is 115 cm³/mol. The second-order valence-electron chi connectivity index (χ2n) is 6.10. The number of nitrogens with zero attached hydrogens (tertiary/aromatic N) is 1. The lowest BCUT2D eigenvalue weighted by Gasteiger charge is -2.14. The van der Waals surface area contributed by atoms with Crippen LogP contribution in [0.25, 0.3) is 0 Å². The van der Waals surface area contributed by atoms with Crippen molar-refractivity contribution in [1.29, 1.82) is 0 Å². The van der Waals surface area contributed by atoms with Gasteiger partial charge >= 0.3 is 0 Å². The first-order valence-electron chi connectivity index (χ1n) is 13.1. The maximum atomic E-state index is 13.5. The highest BCUT2D eigenvalue weighted by Crippen LogP contribution is 2.29. The van der Waals surface area contributed by atoms with Gasteiger partial charge in [-0.2, -0.15) is 0 Å². The van der Waals surface area contributed by atoms with Crippen molar-refractivity contribution >= 4 is 44.6 Å². The first-order chi connectivity index (χ1) is 18.2. The minimum absolute atomic E-state index is 0.0232. The van der Waals surface area contributed by atoms with Gasteiger partial charge in [0.15, 0.2) is 8.61 Å². The number of sulfonamides is 1. The summed E-state index contributed by atoms with van der Waals surface area (Å²) in [5.41, 5.74) is -2.62. The van der Waals surface area contributed by atoms with Crippen LogP contribution in [0.15, 0.2) is 32.9 Å². The highest BCUT2D eigenvalue weighted by molar-refractivity contribution is 7.93. The Kier molecular flexibility index (Phi) is 3.22. The SMILES string of the molecule is [2H]c1c(C)c([2H])c(C(=O)C([2H])([2H])[2H])c(N([2H])C(=O)c2sccc2S(=O)(=O)N([2H])c2onc(C)c2C([2H])([2H])[2H])c1C. The van der Waals surface area contributed by atoms with E-state index < -0.39 is 73.9 Å². The third-order valence-electron chi connectivity index (χ3n) is 3.87. The molecule has 2 N–H and O–H groups in total. The van der Waals surface area contributed by atoms with Gasteiger partial charge in [0.05, 0.1) is 14.1 Å². The van der Waals surface area contributed by atoms with Crippen LogP contribution in [0.1, 0.15) is 60.2 Å². The monoisotopic (exact) mass is 457 g/mol. The number of Topliss-reactive ketones (excluding diaryl/α,β-unsaturated/α-hetero) is 1. The topological polar surface area (TPSA) is 118 Å². The summed E-state index contributed by atoms with van der Waals surface area (Å²) in [6, 6.07) is -0.115. The van der Waals surface area contributed by atoms with Crippen molar-refractivity contribution in [2.75, 3.05) is 10.0 Å². The van der Waals surface area contributed by atoms with Crippen LogP contribution in [-0.2, 0) is 10.0 Å². The largest absolute Gasteiger partial charge is 0.337 e. The van der Waals surface area contributed by atoms with Crippen molar-refractivity contribution in [2.24, 2.45) is 0 Å². The number of hydrogen-bond donors (Lipinski definition) is 2. The zero-order valence-electron chi connectivity index (χ0n) is 25.9. The van der Waals surface area contributed by atoms with E-state index in [1.165, 1.54) is 20.8 Å². The van der Waals surface area contributed by atoms with Crippen molar-refractivity contribution in [3.63, 3.8) is 0 Å². The summed E-state index contributed by atoms with van der Waals surface area (Å²) in [4.78, 5) is 24.7. The number of carbonyl (C=O) groups is 2. The van der Waals surface area contributed by atoms with Gasteiger partial charge in [-0.25, -0.2) is 13.1 Å². The third kappa shape index (κ3) is 4.14. The molecule has 0 spiro atoms. The molecule has 158 valence electrons. The van der Waals surface area contributed by atoms with Crippen molar-refractivity contribution < 1.29 is 36.3 Å². The van der Waals surface area contributed by atoms with Crippen molar-refractivity contribution in [1.82, 2.24) is 5.16 Å². The first-order valence-corrected chi connectivity index (χ1v) is 10.5. The molecule has 0 aliphatic carbocycles. The maximum absolute atomic E-state index is 13.5. The Morgan fingerprint density at radius 2 is 2.07 bits per heavy atom. The fraction of sp³-hybridized carbons (Fsp3) is 0.250. The summed E-state index contributed by atoms with van der Waals surface area (Å²) in [7, 11) is -5.03. The van der Waals surface area contributed by atoms with Crippen LogP contribution < -0.4 is 10.0 Å². The van der Waals surface area contributed by atoms with E-state index in [0.717, 1.165) is 11.4 Å². The number of aromatic nitrogens is 1. The Morgan fingerprint density at radius 1 is 1.30 bits per heavy atom. The number of aryl methyl sites for hydroxylation is 1. The summed E-state index contributed by atoms with van der Waals surface area (Å²) in [6.07, 6.45) is 0. The Bertz CT molecular complexity index is 1630. The number of amides is 1. The van der Waals surface area contributed by atoms with Gasteiger partial charge in [0, 0.05) is 19.4 Å². The standard InChI is InChI=1S/C20H21N3O5S2/c1-10-8-11(2)17(15(9-10)14(5)24)21-19(25)18-16(6-7-29-18)30(26,27)23-20-12(3)13(4)22-28-20/h6-9,23H,1-5H3,(H,21,25)/i3D3,5D3,8D,9D/hD2. The van der Waals surface area contributed by atoms with E-state index in [4.69, 9.17) is 18.3 Å².